The lowest BCUT2D eigenvalue weighted by Crippen LogP contribution is -2.54. The zero-order valence-electron chi connectivity index (χ0n) is 25.1. The van der Waals surface area contributed by atoms with Crippen molar-refractivity contribution in [3.05, 3.63) is 104 Å². The van der Waals surface area contributed by atoms with Gasteiger partial charge in [-0.25, -0.2) is 10.4 Å². The van der Waals surface area contributed by atoms with Gasteiger partial charge < -0.3 is 19.3 Å². The zero-order chi connectivity index (χ0) is 32.2. The molecule has 1 aliphatic rings. The monoisotopic (exact) mass is 654 g/mol. The summed E-state index contributed by atoms with van der Waals surface area (Å²) in [5, 5.41) is 13.6. The molecular formula is C32H36Cl2N6O5. The lowest BCUT2D eigenvalue weighted by atomic mass is 9.81. The van der Waals surface area contributed by atoms with Gasteiger partial charge in [0.1, 0.15) is 5.75 Å². The number of hydrazine groups is 1. The summed E-state index contributed by atoms with van der Waals surface area (Å²) in [5.74, 6) is 0.355. The van der Waals surface area contributed by atoms with Gasteiger partial charge in [0, 0.05) is 64.4 Å². The molecule has 3 N–H and O–H groups in total. The van der Waals surface area contributed by atoms with E-state index in [-0.39, 0.29) is 25.0 Å². The van der Waals surface area contributed by atoms with Crippen LogP contribution in [-0.2, 0) is 20.7 Å². The van der Waals surface area contributed by atoms with Crippen LogP contribution in [0.4, 0.5) is 5.69 Å². The Morgan fingerprint density at radius 1 is 1.13 bits per heavy atom. The molecule has 0 spiro atoms. The van der Waals surface area contributed by atoms with Crippen molar-refractivity contribution in [2.24, 2.45) is 10.1 Å². The van der Waals surface area contributed by atoms with E-state index >= 15 is 0 Å². The second-order valence-corrected chi connectivity index (χ2v) is 11.4. The van der Waals surface area contributed by atoms with Crippen LogP contribution >= 0.6 is 23.2 Å². The average Bonchev–Trinajstić information content (AvgIpc) is 3.40. The van der Waals surface area contributed by atoms with Gasteiger partial charge in [-0.15, -0.1) is 0 Å². The Hall–Kier alpha value is -3.83. The Morgan fingerprint density at radius 2 is 1.91 bits per heavy atom. The number of ether oxygens (including phenoxy) is 3. The van der Waals surface area contributed by atoms with E-state index in [1.165, 1.54) is 0 Å². The van der Waals surface area contributed by atoms with Gasteiger partial charge in [-0.2, -0.15) is 0 Å². The van der Waals surface area contributed by atoms with Crippen LogP contribution in [-0.4, -0.2) is 54.9 Å². The maximum atomic E-state index is 14.3. The topological polar surface area (TPSA) is 150 Å². The standard InChI is InChI=1S/C32H36Cl2N6O5/c1-21(2)43-17-5-15-36-39-31(42)32(20-23-7-3-4-8-28(23)38-40-35)29(26-14-11-24(33)19-27(26)34)45-30(37-32)22-9-12-25(13-10-22)44-18-6-16-41/h3-4,7-14,19,21,29,36,41H,5-6,15-18,20H2,1-2H3,(H,39,42)/t29-,32-/m0/s1. The van der Waals surface area contributed by atoms with Crippen molar-refractivity contribution in [2.45, 2.75) is 50.9 Å². The Kier molecular flexibility index (Phi) is 12.5. The van der Waals surface area contributed by atoms with Crippen molar-refractivity contribution < 1.29 is 24.1 Å². The van der Waals surface area contributed by atoms with Gasteiger partial charge in [-0.1, -0.05) is 58.6 Å². The number of carbonyl (C=O) groups excluding carboxylic acids is 1. The number of hydrogen-bond donors (Lipinski definition) is 3. The van der Waals surface area contributed by atoms with Crippen molar-refractivity contribution in [1.82, 2.24) is 10.9 Å². The van der Waals surface area contributed by atoms with Crippen LogP contribution in [0.5, 0.6) is 5.75 Å². The van der Waals surface area contributed by atoms with Crippen LogP contribution < -0.4 is 15.6 Å². The third kappa shape index (κ3) is 8.88. The summed E-state index contributed by atoms with van der Waals surface area (Å²) in [4.78, 5) is 22.3. The maximum absolute atomic E-state index is 14.3. The number of rotatable bonds is 16. The molecule has 13 heteroatoms. The minimum Gasteiger partial charge on any atom is -0.494 e. The smallest absolute Gasteiger partial charge is 0.266 e. The summed E-state index contributed by atoms with van der Waals surface area (Å²) in [6.07, 6.45) is 0.308. The summed E-state index contributed by atoms with van der Waals surface area (Å²) in [6.45, 7) is 5.30. The summed E-state index contributed by atoms with van der Waals surface area (Å²) in [5.41, 5.74) is 15.5. The molecule has 1 aliphatic heterocycles. The third-order valence-corrected chi connectivity index (χ3v) is 7.54. The van der Waals surface area contributed by atoms with Gasteiger partial charge in [0.25, 0.3) is 5.91 Å². The van der Waals surface area contributed by atoms with Crippen molar-refractivity contribution in [3.63, 3.8) is 0 Å². The third-order valence-electron chi connectivity index (χ3n) is 6.98. The van der Waals surface area contributed by atoms with E-state index in [2.05, 4.69) is 20.9 Å². The van der Waals surface area contributed by atoms with Gasteiger partial charge in [0.05, 0.1) is 12.7 Å². The molecule has 0 aromatic heterocycles. The van der Waals surface area contributed by atoms with Crippen LogP contribution in [0.1, 0.15) is 49.5 Å². The van der Waals surface area contributed by atoms with E-state index in [0.717, 1.165) is 0 Å². The number of azide groups is 1. The average molecular weight is 656 g/mol. The summed E-state index contributed by atoms with van der Waals surface area (Å²) in [7, 11) is 0. The number of halogens is 2. The molecule has 0 unspecified atom stereocenters. The second kappa shape index (κ2) is 16.5. The fourth-order valence-corrected chi connectivity index (χ4v) is 5.31. The lowest BCUT2D eigenvalue weighted by Gasteiger charge is -2.31. The number of carbonyl (C=O) groups is 1. The van der Waals surface area contributed by atoms with E-state index < -0.39 is 17.6 Å². The largest absolute Gasteiger partial charge is 0.494 e. The predicted molar refractivity (Wildman–Crippen MR) is 174 cm³/mol. The van der Waals surface area contributed by atoms with Crippen molar-refractivity contribution in [2.75, 3.05) is 26.4 Å². The Balaban J connectivity index is 1.76. The van der Waals surface area contributed by atoms with Gasteiger partial charge in [-0.05, 0) is 67.8 Å². The number of benzene rings is 3. The molecule has 3 aromatic rings. The number of aliphatic imine (C=N–C) groups is 1. The number of nitrogens with zero attached hydrogens (tertiary/aromatic N) is 4. The van der Waals surface area contributed by atoms with Crippen LogP contribution in [0.25, 0.3) is 10.4 Å². The fraction of sp³-hybridized carbons (Fsp3) is 0.375. The number of aliphatic hydroxyl groups excluding tert-OH is 1. The fourth-order valence-electron chi connectivity index (χ4n) is 4.80. The van der Waals surface area contributed by atoms with Crippen LogP contribution in [0, 0.1) is 0 Å². The van der Waals surface area contributed by atoms with E-state index in [1.807, 2.05) is 13.8 Å². The van der Waals surface area contributed by atoms with Crippen molar-refractivity contribution in [1.29, 1.82) is 0 Å². The normalized spacial score (nSPS) is 17.4. The molecule has 0 saturated carbocycles. The molecule has 0 radical (unpaired) electrons. The van der Waals surface area contributed by atoms with Crippen molar-refractivity contribution >= 4 is 40.7 Å². The molecule has 0 saturated heterocycles. The van der Waals surface area contributed by atoms with E-state index in [0.29, 0.717) is 70.8 Å². The van der Waals surface area contributed by atoms with Gasteiger partial charge in [0.2, 0.25) is 5.90 Å². The molecule has 3 aromatic carbocycles. The number of nitrogens with one attached hydrogen (secondary N) is 2. The number of aliphatic hydroxyl groups is 1. The quantitative estimate of drug-likeness (QED) is 0.0518. The lowest BCUT2D eigenvalue weighted by molar-refractivity contribution is -0.130. The highest BCUT2D eigenvalue weighted by molar-refractivity contribution is 6.35. The van der Waals surface area contributed by atoms with Crippen molar-refractivity contribution in [3.8, 4) is 5.75 Å². The molecule has 238 valence electrons. The molecule has 1 heterocycles. The Labute approximate surface area is 272 Å². The minimum atomic E-state index is -1.59. The van der Waals surface area contributed by atoms with Gasteiger partial charge in [0.15, 0.2) is 11.6 Å². The van der Waals surface area contributed by atoms with Crippen LogP contribution in [0.2, 0.25) is 10.0 Å². The summed E-state index contributed by atoms with van der Waals surface area (Å²) >= 11 is 12.9. The highest BCUT2D eigenvalue weighted by Crippen LogP contribution is 2.45. The van der Waals surface area contributed by atoms with Gasteiger partial charge >= 0.3 is 0 Å². The highest BCUT2D eigenvalue weighted by atomic mass is 35.5. The van der Waals surface area contributed by atoms with E-state index in [1.54, 1.807) is 66.7 Å². The molecular weight excluding hydrogens is 619 g/mol. The second-order valence-electron chi connectivity index (χ2n) is 10.6. The van der Waals surface area contributed by atoms with E-state index in [4.69, 9.17) is 47.5 Å². The number of amides is 1. The first-order chi connectivity index (χ1) is 21.8. The highest BCUT2D eigenvalue weighted by Gasteiger charge is 2.54. The SMILES string of the molecule is CC(C)OCCCNNC(=O)[C@@]1(Cc2ccccc2N=[N+]=[N-])N=C(c2ccc(OCCCO)cc2)O[C@H]1c1ccc(Cl)cc1Cl. The van der Waals surface area contributed by atoms with Crippen LogP contribution in [0.15, 0.2) is 76.8 Å². The molecule has 0 aliphatic carbocycles. The first-order valence-electron chi connectivity index (χ1n) is 14.6. The van der Waals surface area contributed by atoms with Crippen LogP contribution in [0.3, 0.4) is 0 Å². The summed E-state index contributed by atoms with van der Waals surface area (Å²) < 4.78 is 17.8. The zero-order valence-corrected chi connectivity index (χ0v) is 26.6. The summed E-state index contributed by atoms with van der Waals surface area (Å²) in [6, 6.07) is 19.1. The first-order valence-corrected chi connectivity index (χ1v) is 15.4. The molecule has 2 atom stereocenters. The van der Waals surface area contributed by atoms with E-state index in [9.17, 15) is 10.3 Å². The Bertz CT molecular complexity index is 1530. The Morgan fingerprint density at radius 3 is 2.62 bits per heavy atom. The maximum Gasteiger partial charge on any atom is 0.266 e. The molecule has 0 bridgehead atoms. The molecule has 0 fully saturated rings. The van der Waals surface area contributed by atoms with Gasteiger partial charge in [-0.3, -0.25) is 10.2 Å². The predicted octanol–water partition coefficient (Wildman–Crippen LogP) is 6.63. The molecule has 1 amide bonds. The molecule has 45 heavy (non-hydrogen) atoms. The molecule has 11 nitrogen and oxygen atoms in total. The first kappa shape index (κ1) is 34.1. The molecule has 4 rings (SSSR count). The minimum absolute atomic E-state index is 0.0155. The number of hydrogen-bond acceptors (Lipinski definition) is 8.